The molecule has 0 amide bonds. The topological polar surface area (TPSA) is 131 Å². The van der Waals surface area contributed by atoms with Gasteiger partial charge >= 0.3 is 5.69 Å². The van der Waals surface area contributed by atoms with Crippen LogP contribution < -0.4 is 5.56 Å². The lowest BCUT2D eigenvalue weighted by molar-refractivity contribution is -0.385. The molecule has 3 aromatic rings. The van der Waals surface area contributed by atoms with Crippen LogP contribution in [-0.4, -0.2) is 31.0 Å². The predicted octanol–water partition coefficient (Wildman–Crippen LogP) is 2.54. The van der Waals surface area contributed by atoms with Crippen LogP contribution in [0.1, 0.15) is 28.8 Å². The molecule has 0 unspecified atom stereocenters. The number of aryl methyl sites for hydroxylation is 2. The Labute approximate surface area is 156 Å². The van der Waals surface area contributed by atoms with Gasteiger partial charge in [-0.25, -0.2) is 4.98 Å². The van der Waals surface area contributed by atoms with E-state index in [1.54, 1.807) is 0 Å². The molecule has 10 heteroatoms. The number of rotatable bonds is 3. The Kier molecular flexibility index (Phi) is 4.11. The Hall–Kier alpha value is -3.27. The average molecular weight is 386 g/mol. The van der Waals surface area contributed by atoms with Crippen molar-refractivity contribution in [2.24, 2.45) is 5.10 Å². The minimum atomic E-state index is -0.774. The highest BCUT2D eigenvalue weighted by Gasteiger charge is 2.20. The van der Waals surface area contributed by atoms with E-state index < -0.39 is 22.1 Å². The molecule has 1 aromatic carbocycles. The minimum Gasteiger partial charge on any atom is -0.507 e. The number of fused-ring (bicyclic) bond motifs is 3. The fourth-order valence-electron chi connectivity index (χ4n) is 3.18. The monoisotopic (exact) mass is 386 g/mol. The summed E-state index contributed by atoms with van der Waals surface area (Å²) in [7, 11) is 0. The molecule has 1 aliphatic rings. The molecule has 27 heavy (non-hydrogen) atoms. The van der Waals surface area contributed by atoms with Crippen molar-refractivity contribution in [3.63, 3.8) is 0 Å². The zero-order valence-electron chi connectivity index (χ0n) is 14.0. The predicted molar refractivity (Wildman–Crippen MR) is 99.9 cm³/mol. The van der Waals surface area contributed by atoms with Crippen molar-refractivity contribution in [2.45, 2.75) is 25.7 Å². The fourth-order valence-corrected chi connectivity index (χ4v) is 4.39. The maximum Gasteiger partial charge on any atom is 0.311 e. The zero-order chi connectivity index (χ0) is 19.1. The molecule has 0 saturated carbocycles. The van der Waals surface area contributed by atoms with Gasteiger partial charge in [0.05, 0.1) is 16.5 Å². The van der Waals surface area contributed by atoms with Gasteiger partial charge in [0.25, 0.3) is 5.56 Å². The second-order valence-electron chi connectivity index (χ2n) is 6.19. The van der Waals surface area contributed by atoms with Crippen LogP contribution in [0.4, 0.5) is 5.69 Å². The smallest absolute Gasteiger partial charge is 0.311 e. The van der Waals surface area contributed by atoms with E-state index >= 15 is 0 Å². The first kappa shape index (κ1) is 17.2. The second-order valence-corrected chi connectivity index (χ2v) is 7.27. The molecular weight excluding hydrogens is 372 g/mol. The van der Waals surface area contributed by atoms with Gasteiger partial charge in [-0.2, -0.15) is 9.78 Å². The van der Waals surface area contributed by atoms with Crippen molar-refractivity contribution in [2.75, 3.05) is 0 Å². The van der Waals surface area contributed by atoms with Gasteiger partial charge < -0.3 is 10.2 Å². The van der Waals surface area contributed by atoms with Gasteiger partial charge in [-0.3, -0.25) is 14.9 Å². The third-order valence-electron chi connectivity index (χ3n) is 4.50. The van der Waals surface area contributed by atoms with Crippen LogP contribution in [-0.2, 0) is 12.8 Å². The molecule has 1 aliphatic carbocycles. The molecule has 0 bridgehead atoms. The van der Waals surface area contributed by atoms with Crippen molar-refractivity contribution in [3.8, 4) is 11.5 Å². The lowest BCUT2D eigenvalue weighted by Crippen LogP contribution is -2.18. The van der Waals surface area contributed by atoms with Gasteiger partial charge in [0.15, 0.2) is 5.75 Å². The van der Waals surface area contributed by atoms with Crippen LogP contribution >= 0.6 is 11.3 Å². The summed E-state index contributed by atoms with van der Waals surface area (Å²) in [5.41, 5.74) is 0.149. The van der Waals surface area contributed by atoms with Crippen LogP contribution in [0.5, 0.6) is 11.5 Å². The first-order chi connectivity index (χ1) is 13.0. The molecule has 0 radical (unpaired) electrons. The maximum atomic E-state index is 12.8. The molecule has 2 heterocycles. The zero-order valence-corrected chi connectivity index (χ0v) is 14.8. The van der Waals surface area contributed by atoms with Crippen molar-refractivity contribution in [1.82, 2.24) is 9.66 Å². The molecule has 0 atom stereocenters. The number of nitro groups is 1. The summed E-state index contributed by atoms with van der Waals surface area (Å²) in [6.07, 6.45) is 6.33. The van der Waals surface area contributed by atoms with Crippen molar-refractivity contribution >= 4 is 33.5 Å². The molecule has 138 valence electrons. The molecule has 0 saturated heterocycles. The number of benzene rings is 1. The van der Waals surface area contributed by atoms with Gasteiger partial charge in [-0.15, -0.1) is 11.3 Å². The lowest BCUT2D eigenvalue weighted by Gasteiger charge is -2.09. The molecule has 4 rings (SSSR count). The van der Waals surface area contributed by atoms with Crippen molar-refractivity contribution in [3.05, 3.63) is 54.9 Å². The summed E-state index contributed by atoms with van der Waals surface area (Å²) in [4.78, 5) is 29.1. The fraction of sp³-hybridized carbons (Fsp3) is 0.235. The summed E-state index contributed by atoms with van der Waals surface area (Å²) >= 11 is 1.53. The van der Waals surface area contributed by atoms with E-state index in [4.69, 9.17) is 0 Å². The summed E-state index contributed by atoms with van der Waals surface area (Å²) < 4.78 is 1.04. The number of nitro benzene ring substituents is 1. The lowest BCUT2D eigenvalue weighted by atomic mass is 9.97. The largest absolute Gasteiger partial charge is 0.507 e. The quantitative estimate of drug-likeness (QED) is 0.404. The maximum absolute atomic E-state index is 12.8. The molecule has 0 fully saturated rings. The van der Waals surface area contributed by atoms with E-state index in [2.05, 4.69) is 10.1 Å². The number of aromatic hydroxyl groups is 2. The van der Waals surface area contributed by atoms with E-state index in [1.807, 2.05) is 0 Å². The number of nitrogens with zero attached hydrogens (tertiary/aromatic N) is 4. The third kappa shape index (κ3) is 2.93. The standard InChI is InChI=1S/C17H14N4O5S/c22-12-6-13(23)11(21(25)26)5-9(12)7-19-20-8-18-16-15(17(20)24)10-3-1-2-4-14(10)27-16/h5-8,22-23H,1-4H2/b19-7-. The number of hydrogen-bond donors (Lipinski definition) is 2. The van der Waals surface area contributed by atoms with Crippen molar-refractivity contribution in [1.29, 1.82) is 0 Å². The molecule has 2 N–H and O–H groups in total. The number of thiophene rings is 1. The number of hydrogen-bond acceptors (Lipinski definition) is 8. The van der Waals surface area contributed by atoms with E-state index in [0.29, 0.717) is 10.2 Å². The Bertz CT molecular complexity index is 1160. The van der Waals surface area contributed by atoms with Crippen molar-refractivity contribution < 1.29 is 15.1 Å². The van der Waals surface area contributed by atoms with E-state index in [1.165, 1.54) is 22.5 Å². The Morgan fingerprint density at radius 3 is 2.81 bits per heavy atom. The Morgan fingerprint density at radius 1 is 1.26 bits per heavy atom. The summed E-state index contributed by atoms with van der Waals surface area (Å²) in [6, 6.07) is 1.84. The second kappa shape index (κ2) is 6.47. The molecule has 0 spiro atoms. The first-order valence-electron chi connectivity index (χ1n) is 8.22. The highest BCUT2D eigenvalue weighted by Crippen LogP contribution is 2.34. The van der Waals surface area contributed by atoms with Gasteiger partial charge in [0, 0.05) is 22.6 Å². The van der Waals surface area contributed by atoms with Crippen LogP contribution in [0.25, 0.3) is 10.2 Å². The molecule has 9 nitrogen and oxygen atoms in total. The molecule has 2 aromatic heterocycles. The normalized spacial score (nSPS) is 13.9. The molecular formula is C17H14N4O5S. The third-order valence-corrected chi connectivity index (χ3v) is 5.70. The highest BCUT2D eigenvalue weighted by atomic mass is 32.1. The number of phenolic OH excluding ortho intramolecular Hbond substituents is 2. The Balaban J connectivity index is 1.78. The van der Waals surface area contributed by atoms with Crippen LogP contribution in [0, 0.1) is 10.1 Å². The first-order valence-corrected chi connectivity index (χ1v) is 9.04. The van der Waals surface area contributed by atoms with E-state index in [-0.39, 0.29) is 11.1 Å². The van der Waals surface area contributed by atoms with Gasteiger partial charge in [0.1, 0.15) is 16.9 Å². The average Bonchev–Trinajstić information content (AvgIpc) is 3.01. The van der Waals surface area contributed by atoms with Crippen LogP contribution in [0.2, 0.25) is 0 Å². The van der Waals surface area contributed by atoms with E-state index in [9.17, 15) is 25.1 Å². The summed E-state index contributed by atoms with van der Waals surface area (Å²) in [5, 5.41) is 34.9. The van der Waals surface area contributed by atoms with Gasteiger partial charge in [-0.05, 0) is 31.2 Å². The summed E-state index contributed by atoms with van der Waals surface area (Å²) in [5.74, 6) is -1.04. The van der Waals surface area contributed by atoms with Gasteiger partial charge in [-0.1, -0.05) is 0 Å². The Morgan fingerprint density at radius 2 is 2.04 bits per heavy atom. The van der Waals surface area contributed by atoms with Crippen LogP contribution in [0.3, 0.4) is 0 Å². The molecule has 0 aliphatic heterocycles. The number of aromatic nitrogens is 2. The minimum absolute atomic E-state index is 0.00107. The van der Waals surface area contributed by atoms with Gasteiger partial charge in [0.2, 0.25) is 0 Å². The summed E-state index contributed by atoms with van der Waals surface area (Å²) in [6.45, 7) is 0. The number of phenols is 2. The van der Waals surface area contributed by atoms with Crippen LogP contribution in [0.15, 0.2) is 28.4 Å². The van der Waals surface area contributed by atoms with E-state index in [0.717, 1.165) is 54.3 Å². The highest BCUT2D eigenvalue weighted by molar-refractivity contribution is 7.18. The SMILES string of the molecule is O=c1c2c3c(sc2ncn1/N=C\c1cc([N+](=O)[O-])c(O)cc1O)CCCC3.